The zero-order valence-corrected chi connectivity index (χ0v) is 11.8. The molecular weight excluding hydrogens is 248 g/mol. The lowest BCUT2D eigenvalue weighted by Crippen LogP contribution is -2.36. The van der Waals surface area contributed by atoms with Crippen molar-refractivity contribution in [3.63, 3.8) is 0 Å². The van der Waals surface area contributed by atoms with E-state index >= 15 is 0 Å². The first-order chi connectivity index (χ1) is 8.77. The van der Waals surface area contributed by atoms with Gasteiger partial charge in [0.2, 0.25) is 0 Å². The number of nitrogens with zero attached hydrogens (tertiary/aromatic N) is 2. The fourth-order valence-electron chi connectivity index (χ4n) is 2.98. The van der Waals surface area contributed by atoms with Crippen molar-refractivity contribution in [3.8, 4) is 0 Å². The molecule has 0 saturated heterocycles. The molecule has 0 radical (unpaired) electrons. The highest BCUT2D eigenvalue weighted by atomic mass is 35.5. The Balaban J connectivity index is 2.22. The summed E-state index contributed by atoms with van der Waals surface area (Å²) in [5.74, 6) is 6.36. The van der Waals surface area contributed by atoms with Gasteiger partial charge in [-0.2, -0.15) is 5.10 Å². The molecule has 1 fully saturated rings. The molecule has 1 heterocycles. The van der Waals surface area contributed by atoms with E-state index in [1.807, 2.05) is 4.68 Å². The van der Waals surface area contributed by atoms with Crippen molar-refractivity contribution in [1.29, 1.82) is 0 Å². The van der Waals surface area contributed by atoms with Crippen molar-refractivity contribution in [2.24, 2.45) is 11.8 Å². The monoisotopic (exact) mass is 270 g/mol. The van der Waals surface area contributed by atoms with E-state index < -0.39 is 0 Å². The van der Waals surface area contributed by atoms with Crippen LogP contribution in [0.25, 0.3) is 0 Å². The maximum absolute atomic E-state index is 6.29. The zero-order chi connectivity index (χ0) is 13.0. The Morgan fingerprint density at radius 2 is 2.22 bits per heavy atom. The first kappa shape index (κ1) is 13.8. The summed E-state index contributed by atoms with van der Waals surface area (Å²) in [5.41, 5.74) is 4.03. The number of hydrazine groups is 1. The lowest BCUT2D eigenvalue weighted by Gasteiger charge is -2.30. The third kappa shape index (κ3) is 2.87. The van der Waals surface area contributed by atoms with Crippen molar-refractivity contribution in [2.75, 3.05) is 0 Å². The Morgan fingerprint density at radius 3 is 2.83 bits per heavy atom. The summed E-state index contributed by atoms with van der Waals surface area (Å²) in [6.45, 7) is 3.04. The van der Waals surface area contributed by atoms with Crippen LogP contribution in [-0.4, -0.2) is 9.78 Å². The molecular formula is C13H23ClN4. The number of rotatable bonds is 5. The largest absolute Gasteiger partial charge is 0.271 e. The maximum Gasteiger partial charge on any atom is 0.0834 e. The number of halogens is 1. The van der Waals surface area contributed by atoms with Crippen molar-refractivity contribution in [2.45, 2.75) is 58.0 Å². The minimum absolute atomic E-state index is 0.131. The van der Waals surface area contributed by atoms with Gasteiger partial charge in [-0.25, -0.2) is 0 Å². The lowest BCUT2D eigenvalue weighted by atomic mass is 9.83. The van der Waals surface area contributed by atoms with Gasteiger partial charge in [0.05, 0.1) is 23.0 Å². The fraction of sp³-hybridized carbons (Fsp3) is 0.769. The Hall–Kier alpha value is -0.580. The average Bonchev–Trinajstić information content (AvgIpc) is 2.75. The highest BCUT2D eigenvalue weighted by molar-refractivity contribution is 6.31. The van der Waals surface area contributed by atoms with E-state index in [4.69, 9.17) is 17.4 Å². The van der Waals surface area contributed by atoms with Gasteiger partial charge in [0.15, 0.2) is 0 Å². The number of aromatic nitrogens is 2. The van der Waals surface area contributed by atoms with Crippen LogP contribution in [0.5, 0.6) is 0 Å². The van der Waals surface area contributed by atoms with E-state index in [1.54, 1.807) is 6.20 Å². The van der Waals surface area contributed by atoms with E-state index in [0.717, 1.165) is 23.7 Å². The second-order valence-corrected chi connectivity index (χ2v) is 5.55. The van der Waals surface area contributed by atoms with Crippen LogP contribution in [0, 0.1) is 5.92 Å². The summed E-state index contributed by atoms with van der Waals surface area (Å²) in [4.78, 5) is 0. The highest BCUT2D eigenvalue weighted by Crippen LogP contribution is 2.36. The van der Waals surface area contributed by atoms with Gasteiger partial charge >= 0.3 is 0 Å². The van der Waals surface area contributed by atoms with Crippen LogP contribution in [0.4, 0.5) is 0 Å². The van der Waals surface area contributed by atoms with Crippen molar-refractivity contribution in [1.82, 2.24) is 15.2 Å². The molecule has 1 saturated carbocycles. The van der Waals surface area contributed by atoms with E-state index in [9.17, 15) is 0 Å². The molecule has 4 nitrogen and oxygen atoms in total. The molecule has 0 amide bonds. The molecule has 0 aliphatic heterocycles. The molecule has 2 rings (SSSR count). The minimum atomic E-state index is 0.131. The number of nitrogens with two attached hydrogens (primary N) is 1. The summed E-state index contributed by atoms with van der Waals surface area (Å²) >= 11 is 6.29. The van der Waals surface area contributed by atoms with Crippen LogP contribution in [0.3, 0.4) is 0 Å². The Bertz CT molecular complexity index is 371. The van der Waals surface area contributed by atoms with Gasteiger partial charge in [-0.3, -0.25) is 16.0 Å². The molecule has 5 heteroatoms. The summed E-state index contributed by atoms with van der Waals surface area (Å²) in [6, 6.07) is 0.131. The number of nitrogens with one attached hydrogen (secondary N) is 1. The van der Waals surface area contributed by atoms with E-state index in [1.165, 1.54) is 32.1 Å². The van der Waals surface area contributed by atoms with Crippen LogP contribution in [-0.2, 0) is 6.54 Å². The second-order valence-electron chi connectivity index (χ2n) is 5.14. The quantitative estimate of drug-likeness (QED) is 0.639. The van der Waals surface area contributed by atoms with Crippen LogP contribution >= 0.6 is 11.6 Å². The fourth-order valence-corrected chi connectivity index (χ4v) is 3.24. The van der Waals surface area contributed by atoms with Gasteiger partial charge in [-0.05, 0) is 25.2 Å². The first-order valence-corrected chi connectivity index (χ1v) is 7.33. The third-order valence-corrected chi connectivity index (χ3v) is 4.16. The maximum atomic E-state index is 6.29. The molecule has 0 aromatic carbocycles. The smallest absolute Gasteiger partial charge is 0.0834 e. The van der Waals surface area contributed by atoms with Crippen molar-refractivity contribution in [3.05, 3.63) is 16.9 Å². The van der Waals surface area contributed by atoms with Crippen LogP contribution in [0.2, 0.25) is 5.02 Å². The second kappa shape index (κ2) is 6.55. The zero-order valence-electron chi connectivity index (χ0n) is 11.0. The first-order valence-electron chi connectivity index (χ1n) is 6.95. The number of hydrogen-bond donors (Lipinski definition) is 2. The highest BCUT2D eigenvalue weighted by Gasteiger charge is 2.28. The van der Waals surface area contributed by atoms with Gasteiger partial charge in [-0.15, -0.1) is 0 Å². The number of hydrogen-bond acceptors (Lipinski definition) is 3. The average molecular weight is 271 g/mol. The SMILES string of the molecule is CCCn1ncc(Cl)c1C(NN)C1CCCCC1. The Labute approximate surface area is 114 Å². The molecule has 1 aliphatic carbocycles. The van der Waals surface area contributed by atoms with Crippen LogP contribution in [0.15, 0.2) is 6.20 Å². The van der Waals surface area contributed by atoms with Crippen molar-refractivity contribution < 1.29 is 0 Å². The summed E-state index contributed by atoms with van der Waals surface area (Å²) < 4.78 is 2.00. The molecule has 1 aromatic rings. The standard InChI is InChI=1S/C13H23ClN4/c1-2-8-18-13(11(14)9-16-18)12(17-15)10-6-4-3-5-7-10/h9-10,12,17H,2-8,15H2,1H3. The van der Waals surface area contributed by atoms with Crippen LogP contribution < -0.4 is 11.3 Å². The molecule has 1 unspecified atom stereocenters. The molecule has 0 bridgehead atoms. The summed E-state index contributed by atoms with van der Waals surface area (Å²) in [5, 5.41) is 5.09. The Morgan fingerprint density at radius 1 is 1.50 bits per heavy atom. The summed E-state index contributed by atoms with van der Waals surface area (Å²) in [7, 11) is 0. The molecule has 1 aromatic heterocycles. The molecule has 1 aliphatic rings. The third-order valence-electron chi connectivity index (χ3n) is 3.86. The van der Waals surface area contributed by atoms with Gasteiger partial charge in [0.25, 0.3) is 0 Å². The van der Waals surface area contributed by atoms with Gasteiger partial charge in [-0.1, -0.05) is 37.8 Å². The molecule has 1 atom stereocenters. The molecule has 3 N–H and O–H groups in total. The predicted molar refractivity (Wildman–Crippen MR) is 74.2 cm³/mol. The normalized spacial score (nSPS) is 19.1. The summed E-state index contributed by atoms with van der Waals surface area (Å²) in [6.07, 6.45) is 9.16. The van der Waals surface area contributed by atoms with Crippen molar-refractivity contribution >= 4 is 11.6 Å². The topological polar surface area (TPSA) is 55.9 Å². The van der Waals surface area contributed by atoms with E-state index in [2.05, 4.69) is 17.4 Å². The number of aryl methyl sites for hydroxylation is 1. The molecule has 0 spiro atoms. The minimum Gasteiger partial charge on any atom is -0.271 e. The van der Waals surface area contributed by atoms with Gasteiger partial charge < -0.3 is 0 Å². The van der Waals surface area contributed by atoms with E-state index in [-0.39, 0.29) is 6.04 Å². The van der Waals surface area contributed by atoms with E-state index in [0.29, 0.717) is 5.92 Å². The van der Waals surface area contributed by atoms with Gasteiger partial charge in [0.1, 0.15) is 0 Å². The van der Waals surface area contributed by atoms with Gasteiger partial charge in [0, 0.05) is 6.54 Å². The Kier molecular flexibility index (Phi) is 5.03. The lowest BCUT2D eigenvalue weighted by molar-refractivity contribution is 0.262. The van der Waals surface area contributed by atoms with Crippen LogP contribution in [0.1, 0.15) is 57.2 Å². The predicted octanol–water partition coefficient (Wildman–Crippen LogP) is 3.03. The molecule has 18 heavy (non-hydrogen) atoms. The molecule has 102 valence electrons.